The van der Waals surface area contributed by atoms with Gasteiger partial charge in [-0.25, -0.2) is 4.98 Å². The molecule has 1 aromatic carbocycles. The Labute approximate surface area is 136 Å². The van der Waals surface area contributed by atoms with E-state index >= 15 is 0 Å². The van der Waals surface area contributed by atoms with Gasteiger partial charge in [-0.15, -0.1) is 0 Å². The van der Waals surface area contributed by atoms with Gasteiger partial charge in [-0.3, -0.25) is 0 Å². The van der Waals surface area contributed by atoms with E-state index in [0.717, 1.165) is 39.9 Å². The lowest BCUT2D eigenvalue weighted by Gasteiger charge is -2.09. The van der Waals surface area contributed by atoms with Crippen LogP contribution >= 0.6 is 31.9 Å². The van der Waals surface area contributed by atoms with Crippen LogP contribution in [-0.2, 0) is 6.54 Å². The summed E-state index contributed by atoms with van der Waals surface area (Å²) in [7, 11) is 0. The molecule has 0 fully saturated rings. The van der Waals surface area contributed by atoms with Crippen LogP contribution in [0.3, 0.4) is 0 Å². The monoisotopic (exact) mass is 398 g/mol. The van der Waals surface area contributed by atoms with Gasteiger partial charge in [-0.1, -0.05) is 28.9 Å². The second-order valence-electron chi connectivity index (χ2n) is 4.32. The highest BCUT2D eigenvalue weighted by Crippen LogP contribution is 2.31. The van der Waals surface area contributed by atoms with Crippen LogP contribution in [0.5, 0.6) is 11.6 Å². The van der Waals surface area contributed by atoms with E-state index < -0.39 is 0 Å². The highest BCUT2D eigenvalue weighted by atomic mass is 79.9. The van der Waals surface area contributed by atoms with Crippen molar-refractivity contribution in [2.24, 2.45) is 0 Å². The van der Waals surface area contributed by atoms with Gasteiger partial charge >= 0.3 is 0 Å². The topological polar surface area (TPSA) is 34.1 Å². The number of aromatic nitrogens is 1. The van der Waals surface area contributed by atoms with Crippen LogP contribution in [0.25, 0.3) is 0 Å². The highest BCUT2D eigenvalue weighted by molar-refractivity contribution is 9.11. The molecule has 20 heavy (non-hydrogen) atoms. The number of ether oxygens (including phenoxy) is 1. The van der Waals surface area contributed by atoms with Crippen LogP contribution < -0.4 is 10.1 Å². The molecule has 0 aliphatic rings. The van der Waals surface area contributed by atoms with Gasteiger partial charge in [-0.2, -0.15) is 0 Å². The number of benzene rings is 1. The van der Waals surface area contributed by atoms with Crippen molar-refractivity contribution >= 4 is 31.9 Å². The molecule has 0 saturated heterocycles. The number of halogens is 2. The maximum absolute atomic E-state index is 5.80. The van der Waals surface area contributed by atoms with E-state index in [0.29, 0.717) is 5.88 Å². The van der Waals surface area contributed by atoms with Gasteiger partial charge in [0.25, 0.3) is 0 Å². The van der Waals surface area contributed by atoms with Crippen molar-refractivity contribution < 1.29 is 4.74 Å². The zero-order chi connectivity index (χ0) is 14.4. The zero-order valence-corrected chi connectivity index (χ0v) is 14.4. The number of hydrogen-bond acceptors (Lipinski definition) is 3. The molecule has 2 rings (SSSR count). The van der Waals surface area contributed by atoms with E-state index in [4.69, 9.17) is 4.74 Å². The first kappa shape index (κ1) is 15.5. The number of nitrogens with one attached hydrogen (secondary N) is 1. The first-order valence-electron chi connectivity index (χ1n) is 6.48. The number of nitrogens with zero attached hydrogens (tertiary/aromatic N) is 1. The van der Waals surface area contributed by atoms with Crippen LogP contribution in [-0.4, -0.2) is 11.5 Å². The van der Waals surface area contributed by atoms with Gasteiger partial charge in [0.15, 0.2) is 0 Å². The third-order valence-corrected chi connectivity index (χ3v) is 3.74. The zero-order valence-electron chi connectivity index (χ0n) is 11.2. The van der Waals surface area contributed by atoms with Crippen LogP contribution in [0.4, 0.5) is 0 Å². The van der Waals surface area contributed by atoms with Crippen LogP contribution in [0.1, 0.15) is 19.0 Å². The second kappa shape index (κ2) is 7.76. The van der Waals surface area contributed by atoms with Crippen molar-refractivity contribution in [1.29, 1.82) is 0 Å². The third kappa shape index (κ3) is 4.58. The van der Waals surface area contributed by atoms with Gasteiger partial charge < -0.3 is 10.1 Å². The Morgan fingerprint density at radius 3 is 2.80 bits per heavy atom. The number of rotatable bonds is 6. The molecule has 0 atom stereocenters. The smallest absolute Gasteiger partial charge is 0.219 e. The molecule has 106 valence electrons. The maximum atomic E-state index is 5.80. The minimum Gasteiger partial charge on any atom is -0.438 e. The minimum absolute atomic E-state index is 0.601. The molecule has 0 unspecified atom stereocenters. The molecule has 1 aromatic heterocycles. The van der Waals surface area contributed by atoms with Gasteiger partial charge in [0, 0.05) is 17.1 Å². The molecule has 1 heterocycles. The lowest BCUT2D eigenvalue weighted by Crippen LogP contribution is -2.14. The van der Waals surface area contributed by atoms with Crippen molar-refractivity contribution in [2.45, 2.75) is 19.9 Å². The van der Waals surface area contributed by atoms with E-state index in [1.54, 1.807) is 0 Å². The van der Waals surface area contributed by atoms with Crippen molar-refractivity contribution in [3.8, 4) is 11.6 Å². The first-order chi connectivity index (χ1) is 9.69. The normalized spacial score (nSPS) is 10.6. The summed E-state index contributed by atoms with van der Waals surface area (Å²) in [6.45, 7) is 3.89. The van der Waals surface area contributed by atoms with E-state index in [9.17, 15) is 0 Å². The molecule has 3 nitrogen and oxygen atoms in total. The van der Waals surface area contributed by atoms with E-state index in [-0.39, 0.29) is 0 Å². The van der Waals surface area contributed by atoms with Gasteiger partial charge in [0.2, 0.25) is 5.88 Å². The molecule has 0 radical (unpaired) electrons. The van der Waals surface area contributed by atoms with Crippen molar-refractivity contribution in [3.05, 3.63) is 51.0 Å². The Bertz CT molecular complexity index is 576. The third-order valence-electron chi connectivity index (χ3n) is 2.62. The fourth-order valence-corrected chi connectivity index (χ4v) is 2.80. The fourth-order valence-electron chi connectivity index (χ4n) is 1.68. The van der Waals surface area contributed by atoms with Crippen LogP contribution in [0.2, 0.25) is 0 Å². The Hall–Kier alpha value is -0.910. The Morgan fingerprint density at radius 1 is 1.20 bits per heavy atom. The van der Waals surface area contributed by atoms with E-state index in [1.807, 2.05) is 36.4 Å². The minimum atomic E-state index is 0.601. The molecule has 5 heteroatoms. The standard InChI is InChI=1S/C15H16Br2N2O/c1-2-8-18-10-12-4-3-5-15(19-12)20-14-7-6-11(16)9-13(14)17/h3-7,9,18H,2,8,10H2,1H3. The predicted molar refractivity (Wildman–Crippen MR) is 88.2 cm³/mol. The van der Waals surface area contributed by atoms with E-state index in [1.165, 1.54) is 0 Å². The summed E-state index contributed by atoms with van der Waals surface area (Å²) < 4.78 is 7.70. The predicted octanol–water partition coefficient (Wildman–Crippen LogP) is 4.90. The average Bonchev–Trinajstić information content (AvgIpc) is 2.43. The van der Waals surface area contributed by atoms with Gasteiger partial charge in [-0.05, 0) is 53.2 Å². The first-order valence-corrected chi connectivity index (χ1v) is 8.07. The summed E-state index contributed by atoms with van der Waals surface area (Å²) in [4.78, 5) is 4.49. The Balaban J connectivity index is 2.07. The lowest BCUT2D eigenvalue weighted by molar-refractivity contribution is 0.456. The summed E-state index contributed by atoms with van der Waals surface area (Å²) in [5.41, 5.74) is 0.976. The van der Waals surface area contributed by atoms with Crippen LogP contribution in [0.15, 0.2) is 45.3 Å². The summed E-state index contributed by atoms with van der Waals surface area (Å²) in [5.74, 6) is 1.35. The average molecular weight is 400 g/mol. The maximum Gasteiger partial charge on any atom is 0.219 e. The quantitative estimate of drug-likeness (QED) is 0.701. The molecule has 0 bridgehead atoms. The molecule has 1 N–H and O–H groups in total. The molecule has 0 amide bonds. The summed E-state index contributed by atoms with van der Waals surface area (Å²) >= 11 is 6.90. The second-order valence-corrected chi connectivity index (χ2v) is 6.09. The highest BCUT2D eigenvalue weighted by Gasteiger charge is 2.05. The largest absolute Gasteiger partial charge is 0.438 e. The Morgan fingerprint density at radius 2 is 2.05 bits per heavy atom. The molecule has 0 spiro atoms. The van der Waals surface area contributed by atoms with Crippen molar-refractivity contribution in [1.82, 2.24) is 10.3 Å². The number of hydrogen-bond donors (Lipinski definition) is 1. The van der Waals surface area contributed by atoms with Crippen molar-refractivity contribution in [3.63, 3.8) is 0 Å². The molecule has 0 aliphatic heterocycles. The molecule has 0 saturated carbocycles. The van der Waals surface area contributed by atoms with Crippen LogP contribution in [0, 0.1) is 0 Å². The molecule has 2 aromatic rings. The summed E-state index contributed by atoms with van der Waals surface area (Å²) in [5, 5.41) is 3.33. The SMILES string of the molecule is CCCNCc1cccc(Oc2ccc(Br)cc2Br)n1. The molecule has 0 aliphatic carbocycles. The van der Waals surface area contributed by atoms with E-state index in [2.05, 4.69) is 49.1 Å². The lowest BCUT2D eigenvalue weighted by atomic mass is 10.3. The van der Waals surface area contributed by atoms with Crippen molar-refractivity contribution in [2.75, 3.05) is 6.54 Å². The number of pyridine rings is 1. The summed E-state index contributed by atoms with van der Waals surface area (Å²) in [6, 6.07) is 11.6. The molecular formula is C15H16Br2N2O. The molecular weight excluding hydrogens is 384 g/mol. The van der Waals surface area contributed by atoms with Gasteiger partial charge in [0.1, 0.15) is 5.75 Å². The summed E-state index contributed by atoms with van der Waals surface area (Å²) in [6.07, 6.45) is 1.11. The fraction of sp³-hybridized carbons (Fsp3) is 0.267. The Kier molecular flexibility index (Phi) is 6.01. The van der Waals surface area contributed by atoms with Gasteiger partial charge in [0.05, 0.1) is 10.2 Å².